The van der Waals surface area contributed by atoms with Crippen molar-refractivity contribution in [3.8, 4) is 11.5 Å². The summed E-state index contributed by atoms with van der Waals surface area (Å²) in [6, 6.07) is 10.3. The average molecular weight is 370 g/mol. The first-order chi connectivity index (χ1) is 9.54. The summed E-state index contributed by atoms with van der Waals surface area (Å²) in [5.74, 6) is 0.0440. The van der Waals surface area contributed by atoms with E-state index >= 15 is 0 Å². The average Bonchev–Trinajstić information content (AvgIpc) is 2.84. The molecule has 0 amide bonds. The zero-order valence-electron chi connectivity index (χ0n) is 11.5. The molecular formula is C15H9BrKNO3. The zero-order valence-corrected chi connectivity index (χ0v) is 16.2. The van der Waals surface area contributed by atoms with Crippen LogP contribution < -0.4 is 56.5 Å². The Hall–Kier alpha value is -0.504. The van der Waals surface area contributed by atoms with Crippen molar-refractivity contribution >= 4 is 32.8 Å². The molecular weight excluding hydrogens is 361 g/mol. The van der Waals surface area contributed by atoms with Gasteiger partial charge in [0.25, 0.3) is 0 Å². The number of carboxylic acid groups (broad SMARTS) is 1. The van der Waals surface area contributed by atoms with Crippen molar-refractivity contribution in [3.05, 3.63) is 52.2 Å². The largest absolute Gasteiger partial charge is 1.00 e. The van der Waals surface area contributed by atoms with Crippen molar-refractivity contribution in [2.45, 2.75) is 6.92 Å². The summed E-state index contributed by atoms with van der Waals surface area (Å²) >= 11 is 3.32. The van der Waals surface area contributed by atoms with Gasteiger partial charge in [0.1, 0.15) is 11.5 Å². The number of aryl methyl sites for hydroxylation is 1. The normalized spacial score (nSPS) is 10.4. The fraction of sp³-hybridized carbons (Fsp3) is 0.0667. The minimum atomic E-state index is -1.24. The maximum atomic E-state index is 11.3. The number of furan rings is 1. The van der Waals surface area contributed by atoms with E-state index in [1.807, 2.05) is 19.1 Å². The Morgan fingerprint density at radius 1 is 1.24 bits per heavy atom. The van der Waals surface area contributed by atoms with Crippen LogP contribution in [0.2, 0.25) is 0 Å². The zero-order chi connectivity index (χ0) is 14.3. The number of rotatable bonds is 2. The van der Waals surface area contributed by atoms with Crippen LogP contribution >= 0.6 is 15.9 Å². The second-order valence-corrected chi connectivity index (χ2v) is 5.33. The monoisotopic (exact) mass is 369 g/mol. The number of nitrogens with zero attached hydrogens (tertiary/aromatic N) is 1. The van der Waals surface area contributed by atoms with Crippen molar-refractivity contribution in [1.82, 2.24) is 4.98 Å². The molecule has 0 saturated heterocycles. The smallest absolute Gasteiger partial charge is 0.545 e. The first-order valence-electron chi connectivity index (χ1n) is 5.93. The third kappa shape index (κ3) is 3.47. The summed E-state index contributed by atoms with van der Waals surface area (Å²) in [6.45, 7) is 1.82. The van der Waals surface area contributed by atoms with Gasteiger partial charge in [0.05, 0.1) is 11.5 Å². The van der Waals surface area contributed by atoms with Gasteiger partial charge in [0.15, 0.2) is 5.76 Å². The van der Waals surface area contributed by atoms with E-state index in [1.165, 1.54) is 6.07 Å². The van der Waals surface area contributed by atoms with Gasteiger partial charge in [-0.05, 0) is 43.3 Å². The SMILES string of the molecule is Cc1ccc(-c2cc(C(=O)[O-])c3cc(Br)ccc3n2)o1.[K+]. The molecule has 0 spiro atoms. The van der Waals surface area contributed by atoms with E-state index < -0.39 is 5.97 Å². The number of carboxylic acids is 1. The molecule has 3 rings (SSSR count). The van der Waals surface area contributed by atoms with Crippen LogP contribution in [0.4, 0.5) is 0 Å². The summed E-state index contributed by atoms with van der Waals surface area (Å²) in [5.41, 5.74) is 1.16. The van der Waals surface area contributed by atoms with Gasteiger partial charge in [0, 0.05) is 15.4 Å². The standard InChI is InChI=1S/C15H10BrNO3.K/c1-8-2-5-14(20-8)13-7-11(15(18)19)10-6-9(16)3-4-12(10)17-13;/h2-7H,1H3,(H,18,19);/q;+1/p-1. The maximum Gasteiger partial charge on any atom is 1.00 e. The molecule has 0 unspecified atom stereocenters. The topological polar surface area (TPSA) is 66.2 Å². The Kier molecular flexibility index (Phi) is 5.40. The minimum Gasteiger partial charge on any atom is -0.545 e. The van der Waals surface area contributed by atoms with Crippen molar-refractivity contribution < 1.29 is 65.7 Å². The number of carbonyl (C=O) groups excluding carboxylic acids is 1. The van der Waals surface area contributed by atoms with Gasteiger partial charge in [-0.3, -0.25) is 0 Å². The molecule has 0 aliphatic rings. The number of aromatic carboxylic acids is 1. The molecule has 0 saturated carbocycles. The van der Waals surface area contributed by atoms with Crippen LogP contribution in [-0.4, -0.2) is 11.0 Å². The second kappa shape index (κ2) is 6.72. The molecule has 4 nitrogen and oxygen atoms in total. The number of fused-ring (bicyclic) bond motifs is 1. The number of aromatic nitrogens is 1. The van der Waals surface area contributed by atoms with Gasteiger partial charge in [-0.2, -0.15) is 0 Å². The first-order valence-corrected chi connectivity index (χ1v) is 6.72. The van der Waals surface area contributed by atoms with Gasteiger partial charge in [-0.1, -0.05) is 15.9 Å². The van der Waals surface area contributed by atoms with Gasteiger partial charge in [0.2, 0.25) is 0 Å². The van der Waals surface area contributed by atoms with Crippen LogP contribution in [-0.2, 0) is 0 Å². The Morgan fingerprint density at radius 2 is 2.00 bits per heavy atom. The van der Waals surface area contributed by atoms with E-state index in [1.54, 1.807) is 18.2 Å². The molecule has 0 atom stereocenters. The van der Waals surface area contributed by atoms with Gasteiger partial charge < -0.3 is 14.3 Å². The quantitative estimate of drug-likeness (QED) is 0.593. The number of benzene rings is 1. The van der Waals surface area contributed by atoms with Crippen LogP contribution in [0.15, 0.2) is 45.3 Å². The minimum absolute atomic E-state index is 0. The molecule has 3 aromatic rings. The predicted molar refractivity (Wildman–Crippen MR) is 76.2 cm³/mol. The fourth-order valence-corrected chi connectivity index (χ4v) is 2.43. The molecule has 0 bridgehead atoms. The third-order valence-electron chi connectivity index (χ3n) is 2.98. The summed E-state index contributed by atoms with van der Waals surface area (Å²) < 4.78 is 6.28. The number of pyridine rings is 1. The van der Waals surface area contributed by atoms with E-state index in [4.69, 9.17) is 4.42 Å². The number of halogens is 1. The van der Waals surface area contributed by atoms with Gasteiger partial charge in [-0.25, -0.2) is 4.98 Å². The molecule has 0 radical (unpaired) electrons. The molecule has 2 aromatic heterocycles. The van der Waals surface area contributed by atoms with Crippen molar-refractivity contribution in [1.29, 1.82) is 0 Å². The van der Waals surface area contributed by atoms with Crippen molar-refractivity contribution in [2.75, 3.05) is 0 Å². The van der Waals surface area contributed by atoms with E-state index in [9.17, 15) is 9.90 Å². The molecule has 0 aliphatic carbocycles. The van der Waals surface area contributed by atoms with Gasteiger partial charge in [-0.15, -0.1) is 0 Å². The summed E-state index contributed by atoms with van der Waals surface area (Å²) in [6.07, 6.45) is 0. The molecule has 21 heavy (non-hydrogen) atoms. The Balaban J connectivity index is 0.00000161. The van der Waals surface area contributed by atoms with Crippen molar-refractivity contribution in [2.24, 2.45) is 0 Å². The molecule has 6 heteroatoms. The fourth-order valence-electron chi connectivity index (χ4n) is 2.07. The van der Waals surface area contributed by atoms with E-state index in [0.29, 0.717) is 22.4 Å². The third-order valence-corrected chi connectivity index (χ3v) is 3.48. The Bertz CT molecular complexity index is 829. The second-order valence-electron chi connectivity index (χ2n) is 4.41. The molecule has 100 valence electrons. The summed E-state index contributed by atoms with van der Waals surface area (Å²) in [5, 5.41) is 11.9. The molecule has 0 fully saturated rings. The Morgan fingerprint density at radius 3 is 2.62 bits per heavy atom. The predicted octanol–water partition coefficient (Wildman–Crippen LogP) is -0.0668. The number of hydrogen-bond acceptors (Lipinski definition) is 4. The Labute approximate surface area is 172 Å². The molecule has 2 heterocycles. The van der Waals surface area contributed by atoms with Gasteiger partial charge >= 0.3 is 51.4 Å². The summed E-state index contributed by atoms with van der Waals surface area (Å²) in [7, 11) is 0. The van der Waals surface area contributed by atoms with Crippen LogP contribution in [0.1, 0.15) is 16.1 Å². The molecule has 1 aromatic carbocycles. The maximum absolute atomic E-state index is 11.3. The number of hydrogen-bond donors (Lipinski definition) is 0. The molecule has 0 aliphatic heterocycles. The molecule has 0 N–H and O–H groups in total. The van der Waals surface area contributed by atoms with Crippen LogP contribution in [0.25, 0.3) is 22.4 Å². The van der Waals surface area contributed by atoms with Crippen LogP contribution in [0, 0.1) is 6.92 Å². The van der Waals surface area contributed by atoms with E-state index in [-0.39, 0.29) is 56.9 Å². The van der Waals surface area contributed by atoms with E-state index in [2.05, 4.69) is 20.9 Å². The first kappa shape index (κ1) is 16.9. The van der Waals surface area contributed by atoms with Crippen LogP contribution in [0.5, 0.6) is 0 Å². The van der Waals surface area contributed by atoms with Crippen molar-refractivity contribution in [3.63, 3.8) is 0 Å². The number of carbonyl (C=O) groups is 1. The van der Waals surface area contributed by atoms with Crippen LogP contribution in [0.3, 0.4) is 0 Å². The summed E-state index contributed by atoms with van der Waals surface area (Å²) in [4.78, 5) is 15.8. The van der Waals surface area contributed by atoms with E-state index in [0.717, 1.165) is 10.2 Å².